The summed E-state index contributed by atoms with van der Waals surface area (Å²) in [6.07, 6.45) is 8.88. The maximum absolute atomic E-state index is 12.0. The Morgan fingerprint density at radius 2 is 2.17 bits per heavy atom. The number of terminal acetylenes is 1. The van der Waals surface area contributed by atoms with Gasteiger partial charge in [0.05, 0.1) is 6.54 Å². The Hall–Kier alpha value is -2.00. The first-order chi connectivity index (χ1) is 10.7. The monoisotopic (exact) mass is 321 g/mol. The van der Waals surface area contributed by atoms with Gasteiger partial charge in [-0.2, -0.15) is 0 Å². The molecule has 1 saturated heterocycles. The molecule has 1 fully saturated rings. The van der Waals surface area contributed by atoms with E-state index in [9.17, 15) is 9.59 Å². The lowest BCUT2D eigenvalue weighted by molar-refractivity contribution is -0.117. The Morgan fingerprint density at radius 1 is 1.48 bits per heavy atom. The van der Waals surface area contributed by atoms with E-state index in [0.717, 1.165) is 6.42 Å². The molecule has 0 bridgehead atoms. The number of likely N-dealkylation sites (tertiary alicyclic amines) is 1. The van der Waals surface area contributed by atoms with Gasteiger partial charge in [-0.05, 0) is 34.2 Å². The summed E-state index contributed by atoms with van der Waals surface area (Å²) in [6.45, 7) is 7.73. The molecular weight excluding hydrogens is 294 g/mol. The van der Waals surface area contributed by atoms with E-state index in [1.165, 1.54) is 6.08 Å². The summed E-state index contributed by atoms with van der Waals surface area (Å²) < 4.78 is 5.33. The number of carbonyl (C=O) groups is 2. The fourth-order valence-electron chi connectivity index (χ4n) is 2.18. The zero-order chi connectivity index (χ0) is 17.5. The number of hydrogen-bond acceptors (Lipinski definition) is 4. The number of carbonyl (C=O) groups excluding carboxylic acids is 2. The molecule has 0 aromatic heterocycles. The van der Waals surface area contributed by atoms with E-state index in [1.54, 1.807) is 11.0 Å². The van der Waals surface area contributed by atoms with Crippen LogP contribution in [0.15, 0.2) is 12.2 Å². The summed E-state index contributed by atoms with van der Waals surface area (Å²) in [5, 5.41) is 2.90. The third-order valence-corrected chi connectivity index (χ3v) is 3.23. The summed E-state index contributed by atoms with van der Waals surface area (Å²) in [5.74, 6) is 2.38. The van der Waals surface area contributed by atoms with Crippen molar-refractivity contribution in [3.05, 3.63) is 12.2 Å². The average molecular weight is 321 g/mol. The maximum atomic E-state index is 12.0. The molecular formula is C17H27N3O3. The highest BCUT2D eigenvalue weighted by Crippen LogP contribution is 2.15. The van der Waals surface area contributed by atoms with Crippen LogP contribution in [0.3, 0.4) is 0 Å². The van der Waals surface area contributed by atoms with E-state index in [-0.39, 0.29) is 18.0 Å². The average Bonchev–Trinajstić information content (AvgIpc) is 2.85. The third kappa shape index (κ3) is 7.71. The molecule has 1 aliphatic heterocycles. The summed E-state index contributed by atoms with van der Waals surface area (Å²) in [7, 11) is 1.89. The molecule has 0 saturated carbocycles. The zero-order valence-corrected chi connectivity index (χ0v) is 14.5. The van der Waals surface area contributed by atoms with E-state index in [1.807, 2.05) is 32.7 Å². The Morgan fingerprint density at radius 3 is 2.78 bits per heavy atom. The lowest BCUT2D eigenvalue weighted by atomic mass is 10.2. The Labute approximate surface area is 138 Å². The van der Waals surface area contributed by atoms with E-state index in [2.05, 4.69) is 11.2 Å². The molecule has 0 radical (unpaired) electrons. The smallest absolute Gasteiger partial charge is 0.410 e. The van der Waals surface area contributed by atoms with E-state index in [4.69, 9.17) is 11.2 Å². The molecule has 6 heteroatoms. The van der Waals surface area contributed by atoms with Crippen LogP contribution in [-0.2, 0) is 9.53 Å². The highest BCUT2D eigenvalue weighted by atomic mass is 16.6. The van der Waals surface area contributed by atoms with Crippen LogP contribution in [-0.4, -0.2) is 66.7 Å². The van der Waals surface area contributed by atoms with Gasteiger partial charge in [0.2, 0.25) is 5.91 Å². The lowest BCUT2D eigenvalue weighted by Crippen LogP contribution is -2.39. The van der Waals surface area contributed by atoms with Crippen LogP contribution in [0, 0.1) is 12.3 Å². The van der Waals surface area contributed by atoms with Gasteiger partial charge in [0.15, 0.2) is 0 Å². The summed E-state index contributed by atoms with van der Waals surface area (Å²) in [4.78, 5) is 27.4. The normalized spacial score (nSPS) is 18.3. The van der Waals surface area contributed by atoms with Crippen LogP contribution in [0.2, 0.25) is 0 Å². The van der Waals surface area contributed by atoms with Crippen molar-refractivity contribution in [3.63, 3.8) is 0 Å². The van der Waals surface area contributed by atoms with Crippen LogP contribution >= 0.6 is 0 Å². The summed E-state index contributed by atoms with van der Waals surface area (Å²) >= 11 is 0. The van der Waals surface area contributed by atoms with Crippen molar-refractivity contribution in [2.24, 2.45) is 0 Å². The molecule has 0 aliphatic carbocycles. The van der Waals surface area contributed by atoms with Crippen molar-refractivity contribution >= 4 is 12.0 Å². The van der Waals surface area contributed by atoms with Crippen LogP contribution in [0.5, 0.6) is 0 Å². The fraction of sp³-hybridized carbons (Fsp3) is 0.647. The number of amides is 2. The molecule has 1 N–H and O–H groups in total. The number of nitrogens with zero attached hydrogens (tertiary/aromatic N) is 2. The van der Waals surface area contributed by atoms with Crippen molar-refractivity contribution in [3.8, 4) is 12.3 Å². The van der Waals surface area contributed by atoms with E-state index < -0.39 is 5.60 Å². The van der Waals surface area contributed by atoms with Crippen LogP contribution < -0.4 is 5.32 Å². The maximum Gasteiger partial charge on any atom is 0.410 e. The molecule has 2 amide bonds. The second-order valence-corrected chi connectivity index (χ2v) is 6.72. The number of hydrogen-bond donors (Lipinski definition) is 1. The topological polar surface area (TPSA) is 61.9 Å². The number of rotatable bonds is 5. The SMILES string of the molecule is C#CCN(C)C/C=C/C(=O)N[C@H]1CCN(C(=O)OC(C)(C)C)C1. The second-order valence-electron chi connectivity index (χ2n) is 6.72. The molecule has 0 aromatic rings. The van der Waals surface area contributed by atoms with Gasteiger partial charge in [0, 0.05) is 31.8 Å². The number of likely N-dealkylation sites (N-methyl/N-ethyl adjacent to an activating group) is 1. The third-order valence-electron chi connectivity index (χ3n) is 3.23. The van der Waals surface area contributed by atoms with Crippen molar-refractivity contribution < 1.29 is 14.3 Å². The molecule has 1 atom stereocenters. The highest BCUT2D eigenvalue weighted by Gasteiger charge is 2.30. The fourth-order valence-corrected chi connectivity index (χ4v) is 2.18. The zero-order valence-electron chi connectivity index (χ0n) is 14.5. The Bertz CT molecular complexity index is 488. The van der Waals surface area contributed by atoms with Gasteiger partial charge in [-0.3, -0.25) is 9.69 Å². The molecule has 0 spiro atoms. The van der Waals surface area contributed by atoms with Gasteiger partial charge in [-0.1, -0.05) is 12.0 Å². The minimum atomic E-state index is -0.508. The van der Waals surface area contributed by atoms with Crippen molar-refractivity contribution in [2.45, 2.75) is 38.8 Å². The molecule has 0 aromatic carbocycles. The molecule has 1 rings (SSSR count). The van der Waals surface area contributed by atoms with E-state index in [0.29, 0.717) is 26.2 Å². The minimum absolute atomic E-state index is 0.0388. The van der Waals surface area contributed by atoms with Crippen molar-refractivity contribution in [1.29, 1.82) is 0 Å². The molecule has 128 valence electrons. The Balaban J connectivity index is 2.34. The van der Waals surface area contributed by atoms with E-state index >= 15 is 0 Å². The van der Waals surface area contributed by atoms with Gasteiger partial charge in [0.25, 0.3) is 0 Å². The molecule has 6 nitrogen and oxygen atoms in total. The molecule has 1 heterocycles. The Kier molecular flexibility index (Phi) is 7.11. The first kappa shape index (κ1) is 19.0. The molecule has 1 aliphatic rings. The van der Waals surface area contributed by atoms with Gasteiger partial charge in [-0.25, -0.2) is 4.79 Å². The van der Waals surface area contributed by atoms with Crippen LogP contribution in [0.25, 0.3) is 0 Å². The second kappa shape index (κ2) is 8.59. The van der Waals surface area contributed by atoms with Gasteiger partial charge >= 0.3 is 6.09 Å². The first-order valence-corrected chi connectivity index (χ1v) is 7.78. The standard InChI is InChI=1S/C17H27N3O3/c1-6-10-19(5)11-7-8-15(21)18-14-9-12-20(13-14)16(22)23-17(2,3)4/h1,7-8,14H,9-13H2,2-5H3,(H,18,21)/b8-7+/t14-/m0/s1. The van der Waals surface area contributed by atoms with Crippen molar-refractivity contribution in [1.82, 2.24) is 15.1 Å². The summed E-state index contributed by atoms with van der Waals surface area (Å²) in [5.41, 5.74) is -0.508. The minimum Gasteiger partial charge on any atom is -0.444 e. The quantitative estimate of drug-likeness (QED) is 0.611. The van der Waals surface area contributed by atoms with Gasteiger partial charge in [-0.15, -0.1) is 6.42 Å². The van der Waals surface area contributed by atoms with Gasteiger partial charge in [0.1, 0.15) is 5.60 Å². The largest absolute Gasteiger partial charge is 0.444 e. The number of ether oxygens (including phenoxy) is 1. The number of nitrogens with one attached hydrogen (secondary N) is 1. The highest BCUT2D eigenvalue weighted by molar-refractivity contribution is 5.87. The molecule has 23 heavy (non-hydrogen) atoms. The predicted octanol–water partition coefficient (Wildman–Crippen LogP) is 1.23. The first-order valence-electron chi connectivity index (χ1n) is 7.78. The van der Waals surface area contributed by atoms with Crippen molar-refractivity contribution in [2.75, 3.05) is 33.2 Å². The molecule has 0 unspecified atom stereocenters. The lowest BCUT2D eigenvalue weighted by Gasteiger charge is -2.24. The summed E-state index contributed by atoms with van der Waals surface area (Å²) in [6, 6.07) is -0.0388. The van der Waals surface area contributed by atoms with Crippen LogP contribution in [0.1, 0.15) is 27.2 Å². The van der Waals surface area contributed by atoms with Gasteiger partial charge < -0.3 is 15.0 Å². The van der Waals surface area contributed by atoms with Crippen LogP contribution in [0.4, 0.5) is 4.79 Å². The predicted molar refractivity (Wildman–Crippen MR) is 89.8 cm³/mol.